The summed E-state index contributed by atoms with van der Waals surface area (Å²) in [5.41, 5.74) is 0. The van der Waals surface area contributed by atoms with Gasteiger partial charge in [0.1, 0.15) is 5.78 Å². The first-order chi connectivity index (χ1) is 4.77. The Morgan fingerprint density at radius 3 is 2.70 bits per heavy atom. The molecule has 0 heterocycles. The van der Waals surface area contributed by atoms with Gasteiger partial charge in [0.15, 0.2) is 0 Å². The maximum atomic E-state index is 10.5. The van der Waals surface area contributed by atoms with Crippen molar-refractivity contribution in [1.82, 2.24) is 5.32 Å². The Balaban J connectivity index is 0. The van der Waals surface area contributed by atoms with Crippen molar-refractivity contribution in [2.45, 2.75) is 33.1 Å². The molecular formula is C8H19NO. The van der Waals surface area contributed by atoms with E-state index >= 15 is 0 Å². The summed E-state index contributed by atoms with van der Waals surface area (Å²) in [5.74, 6) is 0.302. The first-order valence-electron chi connectivity index (χ1n) is 3.97. The summed E-state index contributed by atoms with van der Waals surface area (Å²) in [7, 11) is 0. The standard InChI is InChI=1S/C8H17NO.H2/c1-3-9-7-5-4-6-8(2)10;/h9H,3-7H2,1-2H3;1H. The highest BCUT2D eigenvalue weighted by molar-refractivity contribution is 5.75. The van der Waals surface area contributed by atoms with Crippen LogP contribution < -0.4 is 5.32 Å². The Hall–Kier alpha value is -0.370. The van der Waals surface area contributed by atoms with E-state index in [1.807, 2.05) is 0 Å². The highest BCUT2D eigenvalue weighted by atomic mass is 16.1. The van der Waals surface area contributed by atoms with Crippen molar-refractivity contribution in [1.29, 1.82) is 0 Å². The van der Waals surface area contributed by atoms with Crippen LogP contribution in [0.1, 0.15) is 34.5 Å². The summed E-state index contributed by atoms with van der Waals surface area (Å²) in [6, 6.07) is 0. The van der Waals surface area contributed by atoms with Crippen molar-refractivity contribution >= 4 is 5.78 Å². The Labute approximate surface area is 64.5 Å². The van der Waals surface area contributed by atoms with Gasteiger partial charge in [0.25, 0.3) is 0 Å². The van der Waals surface area contributed by atoms with Gasteiger partial charge in [-0.3, -0.25) is 0 Å². The Morgan fingerprint density at radius 1 is 1.50 bits per heavy atom. The van der Waals surface area contributed by atoms with Gasteiger partial charge in [0, 0.05) is 7.85 Å². The number of hydrogen-bond acceptors (Lipinski definition) is 2. The predicted octanol–water partition coefficient (Wildman–Crippen LogP) is 1.60. The lowest BCUT2D eigenvalue weighted by Gasteiger charge is -1.98. The van der Waals surface area contributed by atoms with Crippen molar-refractivity contribution in [2.24, 2.45) is 0 Å². The molecule has 0 spiro atoms. The average molecular weight is 145 g/mol. The van der Waals surface area contributed by atoms with Gasteiger partial charge in [-0.05, 0) is 32.9 Å². The topological polar surface area (TPSA) is 29.1 Å². The van der Waals surface area contributed by atoms with Gasteiger partial charge in [0.2, 0.25) is 0 Å². The third-order valence-corrected chi connectivity index (χ3v) is 1.38. The zero-order valence-corrected chi connectivity index (χ0v) is 6.94. The molecule has 0 aromatic carbocycles. The van der Waals surface area contributed by atoms with Gasteiger partial charge in [0.05, 0.1) is 0 Å². The summed E-state index contributed by atoms with van der Waals surface area (Å²) in [4.78, 5) is 10.5. The molecule has 0 rings (SSSR count). The largest absolute Gasteiger partial charge is 0.317 e. The minimum absolute atomic E-state index is 0. The predicted molar refractivity (Wildman–Crippen MR) is 45.2 cm³/mol. The Bertz CT molecular complexity index is 96.1. The molecular weight excluding hydrogens is 126 g/mol. The number of carbonyl (C=O) groups excluding carboxylic acids is 1. The fourth-order valence-corrected chi connectivity index (χ4v) is 0.801. The minimum atomic E-state index is 0. The van der Waals surface area contributed by atoms with Gasteiger partial charge in [-0.15, -0.1) is 0 Å². The lowest BCUT2D eigenvalue weighted by atomic mass is 10.2. The van der Waals surface area contributed by atoms with Gasteiger partial charge in [-0.1, -0.05) is 6.92 Å². The van der Waals surface area contributed by atoms with E-state index in [1.165, 1.54) is 0 Å². The molecule has 0 aliphatic carbocycles. The maximum Gasteiger partial charge on any atom is 0.129 e. The van der Waals surface area contributed by atoms with E-state index in [9.17, 15) is 4.79 Å². The zero-order chi connectivity index (χ0) is 7.82. The molecule has 0 aromatic rings. The lowest BCUT2D eigenvalue weighted by molar-refractivity contribution is -0.117. The van der Waals surface area contributed by atoms with Crippen LogP contribution in [0.2, 0.25) is 0 Å². The van der Waals surface area contributed by atoms with Crippen LogP contribution in [-0.2, 0) is 4.79 Å². The second kappa shape index (κ2) is 6.75. The fourth-order valence-electron chi connectivity index (χ4n) is 0.801. The molecule has 2 heteroatoms. The molecule has 1 N–H and O–H groups in total. The van der Waals surface area contributed by atoms with E-state index in [0.29, 0.717) is 5.78 Å². The molecule has 0 saturated heterocycles. The van der Waals surface area contributed by atoms with Crippen LogP contribution in [0.5, 0.6) is 0 Å². The zero-order valence-electron chi connectivity index (χ0n) is 6.94. The first-order valence-corrected chi connectivity index (χ1v) is 3.97. The molecule has 0 amide bonds. The Kier molecular flexibility index (Phi) is 6.50. The summed E-state index contributed by atoms with van der Waals surface area (Å²) in [6.07, 6.45) is 2.89. The molecule has 2 nitrogen and oxygen atoms in total. The summed E-state index contributed by atoms with van der Waals surface area (Å²) in [5, 5.41) is 3.21. The first kappa shape index (κ1) is 9.63. The van der Waals surface area contributed by atoms with Gasteiger partial charge in [-0.2, -0.15) is 0 Å². The SMILES string of the molecule is CCNCCCCC(C)=O.[HH]. The molecule has 0 bridgehead atoms. The summed E-state index contributed by atoms with van der Waals surface area (Å²) < 4.78 is 0. The monoisotopic (exact) mass is 145 g/mol. The average Bonchev–Trinajstić information content (AvgIpc) is 1.87. The molecule has 0 fully saturated rings. The van der Waals surface area contributed by atoms with Crippen molar-refractivity contribution in [2.75, 3.05) is 13.1 Å². The third kappa shape index (κ3) is 7.63. The van der Waals surface area contributed by atoms with E-state index in [1.54, 1.807) is 6.92 Å². The number of hydrogen-bond donors (Lipinski definition) is 1. The number of nitrogens with one attached hydrogen (secondary N) is 1. The van der Waals surface area contributed by atoms with Crippen LogP contribution >= 0.6 is 0 Å². The molecule has 62 valence electrons. The third-order valence-electron chi connectivity index (χ3n) is 1.38. The molecule has 0 aromatic heterocycles. The van der Waals surface area contributed by atoms with Crippen LogP contribution in [0.15, 0.2) is 0 Å². The fraction of sp³-hybridized carbons (Fsp3) is 0.875. The molecule has 0 radical (unpaired) electrons. The molecule has 0 aliphatic rings. The minimum Gasteiger partial charge on any atom is -0.317 e. The van der Waals surface area contributed by atoms with Crippen LogP contribution in [0, 0.1) is 0 Å². The Morgan fingerprint density at radius 2 is 2.20 bits per heavy atom. The van der Waals surface area contributed by atoms with Crippen molar-refractivity contribution < 1.29 is 6.22 Å². The van der Waals surface area contributed by atoms with Crippen LogP contribution in [0.4, 0.5) is 0 Å². The van der Waals surface area contributed by atoms with E-state index < -0.39 is 0 Å². The van der Waals surface area contributed by atoms with Crippen molar-refractivity contribution in [3.05, 3.63) is 0 Å². The number of carbonyl (C=O) groups is 1. The number of rotatable bonds is 6. The molecule has 0 aliphatic heterocycles. The molecule has 0 atom stereocenters. The lowest BCUT2D eigenvalue weighted by Crippen LogP contribution is -2.13. The number of Topliss-reactive ketones (excluding diaryl/α,β-unsaturated/α-hetero) is 1. The van der Waals surface area contributed by atoms with E-state index in [-0.39, 0.29) is 1.43 Å². The second-order valence-corrected chi connectivity index (χ2v) is 2.51. The molecule has 0 saturated carbocycles. The van der Waals surface area contributed by atoms with Crippen LogP contribution in [0.3, 0.4) is 0 Å². The molecule has 0 unspecified atom stereocenters. The van der Waals surface area contributed by atoms with Gasteiger partial charge < -0.3 is 10.1 Å². The van der Waals surface area contributed by atoms with Crippen molar-refractivity contribution in [3.63, 3.8) is 0 Å². The molecule has 10 heavy (non-hydrogen) atoms. The summed E-state index contributed by atoms with van der Waals surface area (Å²) >= 11 is 0. The van der Waals surface area contributed by atoms with E-state index in [4.69, 9.17) is 0 Å². The number of ketones is 1. The van der Waals surface area contributed by atoms with Gasteiger partial charge in [-0.25, -0.2) is 0 Å². The van der Waals surface area contributed by atoms with E-state index in [2.05, 4.69) is 12.2 Å². The highest BCUT2D eigenvalue weighted by Crippen LogP contribution is 1.93. The summed E-state index contributed by atoms with van der Waals surface area (Å²) in [6.45, 7) is 5.81. The quantitative estimate of drug-likeness (QED) is 0.575. The van der Waals surface area contributed by atoms with Crippen LogP contribution in [-0.4, -0.2) is 18.9 Å². The smallest absolute Gasteiger partial charge is 0.129 e. The maximum absolute atomic E-state index is 10.5. The van der Waals surface area contributed by atoms with Gasteiger partial charge >= 0.3 is 0 Å². The normalized spacial score (nSPS) is 9.80. The van der Waals surface area contributed by atoms with Crippen LogP contribution in [0.25, 0.3) is 0 Å². The second-order valence-electron chi connectivity index (χ2n) is 2.51. The van der Waals surface area contributed by atoms with E-state index in [0.717, 1.165) is 32.4 Å². The highest BCUT2D eigenvalue weighted by Gasteiger charge is 1.91. The van der Waals surface area contributed by atoms with Crippen molar-refractivity contribution in [3.8, 4) is 0 Å². The number of unbranched alkanes of at least 4 members (excludes halogenated alkanes) is 1.